The van der Waals surface area contributed by atoms with E-state index >= 15 is 0 Å². The first-order valence-corrected chi connectivity index (χ1v) is 9.52. The Morgan fingerprint density at radius 3 is 2.73 bits per heavy atom. The minimum atomic E-state index is -1.42. The van der Waals surface area contributed by atoms with Gasteiger partial charge in [-0.2, -0.15) is 0 Å². The van der Waals surface area contributed by atoms with Crippen molar-refractivity contribution in [1.29, 1.82) is 0 Å². The van der Waals surface area contributed by atoms with Crippen LogP contribution in [-0.4, -0.2) is 35.4 Å². The second kappa shape index (κ2) is 5.29. The minimum absolute atomic E-state index is 0.0285. The van der Waals surface area contributed by atoms with Crippen molar-refractivity contribution in [2.45, 2.75) is 58.3 Å². The van der Waals surface area contributed by atoms with E-state index in [0.717, 1.165) is 6.42 Å². The standard InChI is InChI=1S/C21H28O5/c1-11(2)13-10-21(24)19(4)15-7-6-12(3)8-20(15,26-21)9-14(18(23)25-5)16(19)17(13)22/h6,9,11,13,15-16,24H,7-8,10H2,1-5H3/t13-,15-,16-,19-,20-,21-/m1/s1. The number of esters is 1. The van der Waals surface area contributed by atoms with Crippen molar-refractivity contribution in [2.75, 3.05) is 7.11 Å². The fraction of sp³-hybridized carbons (Fsp3) is 0.714. The average Bonchev–Trinajstić information content (AvgIpc) is 2.72. The van der Waals surface area contributed by atoms with Crippen LogP contribution in [0.2, 0.25) is 0 Å². The molecule has 0 unspecified atom stereocenters. The minimum Gasteiger partial charge on any atom is -0.466 e. The van der Waals surface area contributed by atoms with Crippen LogP contribution in [0.25, 0.3) is 0 Å². The molecule has 4 aliphatic rings. The monoisotopic (exact) mass is 360 g/mol. The summed E-state index contributed by atoms with van der Waals surface area (Å²) in [5, 5.41) is 11.7. The molecule has 1 saturated heterocycles. The van der Waals surface area contributed by atoms with Gasteiger partial charge in [-0.15, -0.1) is 0 Å². The number of allylic oxidation sites excluding steroid dienone is 1. The quantitative estimate of drug-likeness (QED) is 0.605. The smallest absolute Gasteiger partial charge is 0.334 e. The highest BCUT2D eigenvalue weighted by Gasteiger charge is 2.77. The van der Waals surface area contributed by atoms with Crippen LogP contribution in [0.3, 0.4) is 0 Å². The Hall–Kier alpha value is -1.46. The molecule has 2 bridgehead atoms. The Morgan fingerprint density at radius 2 is 2.12 bits per heavy atom. The summed E-state index contributed by atoms with van der Waals surface area (Å²) >= 11 is 0. The van der Waals surface area contributed by atoms with Gasteiger partial charge in [-0.05, 0) is 25.3 Å². The van der Waals surface area contributed by atoms with Crippen LogP contribution in [0.1, 0.15) is 47.0 Å². The zero-order valence-corrected chi connectivity index (χ0v) is 16.2. The molecular formula is C21H28O5. The second-order valence-electron chi connectivity index (χ2n) is 9.12. The van der Waals surface area contributed by atoms with Gasteiger partial charge >= 0.3 is 5.97 Å². The number of Topliss-reactive ketones (excluding diaryl/α,β-unsaturated/α-hetero) is 1. The van der Waals surface area contributed by atoms with Gasteiger partial charge in [-0.1, -0.05) is 32.4 Å². The maximum absolute atomic E-state index is 13.4. The van der Waals surface area contributed by atoms with Gasteiger partial charge in [0, 0.05) is 35.7 Å². The van der Waals surface area contributed by atoms with Crippen molar-refractivity contribution < 1.29 is 24.2 Å². The molecule has 1 N–H and O–H groups in total. The Bertz CT molecular complexity index is 750. The summed E-state index contributed by atoms with van der Waals surface area (Å²) in [4.78, 5) is 26.1. The van der Waals surface area contributed by atoms with Gasteiger partial charge < -0.3 is 14.6 Å². The van der Waals surface area contributed by atoms with Gasteiger partial charge in [0.1, 0.15) is 5.78 Å². The fourth-order valence-corrected chi connectivity index (χ4v) is 6.17. The van der Waals surface area contributed by atoms with Crippen molar-refractivity contribution in [3.05, 3.63) is 23.3 Å². The molecule has 0 aromatic heterocycles. The van der Waals surface area contributed by atoms with Gasteiger partial charge in [0.25, 0.3) is 0 Å². The topological polar surface area (TPSA) is 72.8 Å². The van der Waals surface area contributed by atoms with E-state index in [0.29, 0.717) is 12.0 Å². The van der Waals surface area contributed by atoms with Gasteiger partial charge in [0.15, 0.2) is 5.79 Å². The van der Waals surface area contributed by atoms with Crippen LogP contribution < -0.4 is 0 Å². The van der Waals surface area contributed by atoms with Crippen LogP contribution in [-0.2, 0) is 19.1 Å². The van der Waals surface area contributed by atoms with E-state index in [1.165, 1.54) is 12.7 Å². The lowest BCUT2D eigenvalue weighted by atomic mass is 9.47. The molecule has 26 heavy (non-hydrogen) atoms. The summed E-state index contributed by atoms with van der Waals surface area (Å²) in [5.74, 6) is -2.86. The van der Waals surface area contributed by atoms with E-state index in [2.05, 4.69) is 6.08 Å². The van der Waals surface area contributed by atoms with Crippen molar-refractivity contribution in [1.82, 2.24) is 0 Å². The molecular weight excluding hydrogens is 332 g/mol. The molecule has 142 valence electrons. The van der Waals surface area contributed by atoms with Gasteiger partial charge in [-0.25, -0.2) is 4.79 Å². The Labute approximate surface area is 154 Å². The highest BCUT2D eigenvalue weighted by atomic mass is 16.7. The lowest BCUT2D eigenvalue weighted by Gasteiger charge is -2.54. The largest absolute Gasteiger partial charge is 0.466 e. The third-order valence-electron chi connectivity index (χ3n) is 7.45. The summed E-state index contributed by atoms with van der Waals surface area (Å²) in [6, 6.07) is 0. The number of rotatable bonds is 2. The number of methoxy groups -OCH3 is 1. The third kappa shape index (κ3) is 1.93. The van der Waals surface area contributed by atoms with Crippen LogP contribution in [0, 0.1) is 29.1 Å². The summed E-state index contributed by atoms with van der Waals surface area (Å²) in [5.41, 5.74) is -0.0237. The average molecular weight is 360 g/mol. The molecule has 1 aliphatic heterocycles. The molecule has 0 amide bonds. The zero-order valence-electron chi connectivity index (χ0n) is 16.2. The summed E-state index contributed by atoms with van der Waals surface area (Å²) in [7, 11) is 1.34. The predicted octanol–water partition coefficient (Wildman–Crippen LogP) is 2.78. The van der Waals surface area contributed by atoms with Crippen molar-refractivity contribution in [3.63, 3.8) is 0 Å². The van der Waals surface area contributed by atoms with E-state index in [1.807, 2.05) is 33.8 Å². The third-order valence-corrected chi connectivity index (χ3v) is 7.45. The molecule has 0 radical (unpaired) electrons. The van der Waals surface area contributed by atoms with Crippen LogP contribution in [0.5, 0.6) is 0 Å². The number of carbonyl (C=O) groups excluding carboxylic acids is 2. The normalized spacial score (nSPS) is 46.6. The lowest BCUT2D eigenvalue weighted by molar-refractivity contribution is -0.271. The Balaban J connectivity index is 1.96. The first-order chi connectivity index (χ1) is 12.1. The van der Waals surface area contributed by atoms with E-state index < -0.39 is 28.7 Å². The Kier molecular flexibility index (Phi) is 3.65. The molecule has 0 aromatic carbocycles. The number of carbonyl (C=O) groups is 2. The number of hydrogen-bond acceptors (Lipinski definition) is 5. The molecule has 0 spiro atoms. The summed E-state index contributed by atoms with van der Waals surface area (Å²) in [6.07, 6.45) is 5.65. The molecule has 6 atom stereocenters. The van der Waals surface area contributed by atoms with Gasteiger partial charge in [0.05, 0.1) is 18.6 Å². The second-order valence-corrected chi connectivity index (χ2v) is 9.12. The zero-order chi connectivity index (χ0) is 19.1. The maximum atomic E-state index is 13.4. The van der Waals surface area contributed by atoms with Crippen LogP contribution in [0.4, 0.5) is 0 Å². The molecule has 2 fully saturated rings. The lowest BCUT2D eigenvalue weighted by Crippen LogP contribution is -2.62. The molecule has 5 heteroatoms. The molecule has 1 saturated carbocycles. The Morgan fingerprint density at radius 1 is 1.42 bits per heavy atom. The number of aliphatic hydroxyl groups is 1. The van der Waals surface area contributed by atoms with Gasteiger partial charge in [-0.3, -0.25) is 4.79 Å². The molecule has 4 rings (SSSR count). The SMILES string of the molecule is COC(=O)C1=C[C@]23CC(C)=CC[C@@H]2[C@]2(C)[C@H]1C(=O)[C@@H](C(C)C)C[C@@]2(O)O3. The predicted molar refractivity (Wildman–Crippen MR) is 94.9 cm³/mol. The van der Waals surface area contributed by atoms with E-state index in [-0.39, 0.29) is 30.0 Å². The number of hydrogen-bond donors (Lipinski definition) is 1. The first kappa shape index (κ1) is 17.9. The summed E-state index contributed by atoms with van der Waals surface area (Å²) < 4.78 is 11.5. The van der Waals surface area contributed by atoms with Crippen LogP contribution in [0.15, 0.2) is 23.3 Å². The van der Waals surface area contributed by atoms with E-state index in [1.54, 1.807) is 0 Å². The summed E-state index contributed by atoms with van der Waals surface area (Å²) in [6.45, 7) is 7.94. The number of ketones is 1. The highest BCUT2D eigenvalue weighted by Crippen LogP contribution is 2.70. The highest BCUT2D eigenvalue weighted by molar-refractivity contribution is 6.00. The van der Waals surface area contributed by atoms with Gasteiger partial charge in [0.2, 0.25) is 0 Å². The molecule has 5 nitrogen and oxygen atoms in total. The van der Waals surface area contributed by atoms with Crippen LogP contribution >= 0.6 is 0 Å². The molecule has 3 aliphatic carbocycles. The van der Waals surface area contributed by atoms with E-state index in [4.69, 9.17) is 9.47 Å². The van der Waals surface area contributed by atoms with Crippen molar-refractivity contribution in [3.8, 4) is 0 Å². The molecule has 0 aromatic rings. The van der Waals surface area contributed by atoms with Crippen molar-refractivity contribution >= 4 is 11.8 Å². The number of ether oxygens (including phenoxy) is 2. The van der Waals surface area contributed by atoms with Crippen molar-refractivity contribution in [2.24, 2.45) is 29.1 Å². The van der Waals surface area contributed by atoms with E-state index in [9.17, 15) is 14.7 Å². The first-order valence-electron chi connectivity index (χ1n) is 9.52. The maximum Gasteiger partial charge on any atom is 0.334 e. The fourth-order valence-electron chi connectivity index (χ4n) is 6.17. The molecule has 1 heterocycles.